The van der Waals surface area contributed by atoms with Crippen LogP contribution in [0.3, 0.4) is 0 Å². The average molecular weight is 361 g/mol. The summed E-state index contributed by atoms with van der Waals surface area (Å²) in [6, 6.07) is 2.27. The van der Waals surface area contributed by atoms with Gasteiger partial charge in [-0.15, -0.1) is 11.3 Å². The number of rotatable bonds is 4. The number of nitriles is 1. The molecule has 1 amide bonds. The van der Waals surface area contributed by atoms with Crippen molar-refractivity contribution in [3.63, 3.8) is 0 Å². The Kier molecular flexibility index (Phi) is 4.78. The second-order valence-corrected chi connectivity index (χ2v) is 8.03. The maximum absolute atomic E-state index is 12.3. The lowest BCUT2D eigenvalue weighted by Gasteiger charge is -2.37. The molecule has 3 aliphatic rings. The van der Waals surface area contributed by atoms with Crippen LogP contribution in [0.4, 0.5) is 5.00 Å². The number of nitrogens with one attached hydrogen (secondary N) is 1. The molecule has 7 heteroatoms. The lowest BCUT2D eigenvalue weighted by atomic mass is 10.0. The molecule has 1 aromatic heterocycles. The summed E-state index contributed by atoms with van der Waals surface area (Å²) >= 11 is 1.57. The van der Waals surface area contributed by atoms with Crippen LogP contribution in [0.1, 0.15) is 41.7 Å². The van der Waals surface area contributed by atoms with Gasteiger partial charge in [0.25, 0.3) is 0 Å². The number of ether oxygens (including phenoxy) is 2. The zero-order valence-electron chi connectivity index (χ0n) is 14.3. The molecule has 3 heterocycles. The first-order chi connectivity index (χ1) is 12.2. The van der Waals surface area contributed by atoms with Gasteiger partial charge in [0.05, 0.1) is 18.8 Å². The standard InChI is InChI=1S/C18H23N3O3S/c19-12-14-13-2-1-3-15(13)25-17(14)20-16(22)4-7-21-8-5-18(6-9-21)23-10-11-24-18/h1-11H2,(H,20,22). The van der Waals surface area contributed by atoms with Gasteiger partial charge in [-0.05, 0) is 24.8 Å². The molecule has 2 fully saturated rings. The van der Waals surface area contributed by atoms with Crippen molar-refractivity contribution in [2.24, 2.45) is 0 Å². The fraction of sp³-hybridized carbons (Fsp3) is 0.667. The maximum Gasteiger partial charge on any atom is 0.226 e. The highest BCUT2D eigenvalue weighted by Gasteiger charge is 2.39. The predicted octanol–water partition coefficient (Wildman–Crippen LogP) is 2.28. The molecule has 0 unspecified atom stereocenters. The van der Waals surface area contributed by atoms with Crippen molar-refractivity contribution >= 4 is 22.2 Å². The Morgan fingerprint density at radius 1 is 1.28 bits per heavy atom. The van der Waals surface area contributed by atoms with E-state index in [-0.39, 0.29) is 11.7 Å². The van der Waals surface area contributed by atoms with Gasteiger partial charge in [0.15, 0.2) is 5.79 Å². The molecule has 25 heavy (non-hydrogen) atoms. The lowest BCUT2D eigenvalue weighted by molar-refractivity contribution is -0.185. The summed E-state index contributed by atoms with van der Waals surface area (Å²) in [5.74, 6) is -0.372. The van der Waals surface area contributed by atoms with Gasteiger partial charge in [-0.1, -0.05) is 0 Å². The van der Waals surface area contributed by atoms with E-state index >= 15 is 0 Å². The summed E-state index contributed by atoms with van der Waals surface area (Å²) in [4.78, 5) is 15.9. The number of anilines is 1. The smallest absolute Gasteiger partial charge is 0.226 e. The average Bonchev–Trinajstić information content (AvgIpc) is 3.31. The van der Waals surface area contributed by atoms with Gasteiger partial charge < -0.3 is 19.7 Å². The normalized spacial score (nSPS) is 22.0. The van der Waals surface area contributed by atoms with Gasteiger partial charge in [-0.25, -0.2) is 0 Å². The molecule has 1 aromatic rings. The molecule has 0 bridgehead atoms. The SMILES string of the molecule is N#Cc1c(NC(=O)CCN2CCC3(CC2)OCCO3)sc2c1CCC2. The van der Waals surface area contributed by atoms with E-state index in [2.05, 4.69) is 16.3 Å². The summed E-state index contributed by atoms with van der Waals surface area (Å²) in [5, 5.41) is 13.1. The van der Waals surface area contributed by atoms with Crippen LogP contribution in [0.2, 0.25) is 0 Å². The minimum absolute atomic E-state index is 0.00919. The van der Waals surface area contributed by atoms with Gasteiger partial charge in [-0.3, -0.25) is 4.79 Å². The predicted molar refractivity (Wildman–Crippen MR) is 94.6 cm³/mol. The molecule has 134 valence electrons. The monoisotopic (exact) mass is 361 g/mol. The number of aryl methyl sites for hydroxylation is 1. The molecular weight excluding hydrogens is 338 g/mol. The molecule has 1 N–H and O–H groups in total. The fourth-order valence-corrected chi connectivity index (χ4v) is 5.22. The Morgan fingerprint density at radius 3 is 2.76 bits per heavy atom. The molecule has 4 rings (SSSR count). The Bertz CT molecular complexity index is 693. The summed E-state index contributed by atoms with van der Waals surface area (Å²) in [7, 11) is 0. The first-order valence-corrected chi connectivity index (χ1v) is 9.85. The number of carbonyl (C=O) groups is 1. The van der Waals surface area contributed by atoms with Crippen molar-refractivity contribution < 1.29 is 14.3 Å². The molecule has 2 saturated heterocycles. The molecule has 0 atom stereocenters. The van der Waals surface area contributed by atoms with E-state index in [0.29, 0.717) is 25.2 Å². The number of hydrogen-bond acceptors (Lipinski definition) is 6. The molecule has 1 spiro atoms. The number of amides is 1. The summed E-state index contributed by atoms with van der Waals surface area (Å²) in [6.07, 6.45) is 5.29. The largest absolute Gasteiger partial charge is 0.347 e. The van der Waals surface area contributed by atoms with E-state index in [1.807, 2.05) is 0 Å². The van der Waals surface area contributed by atoms with Crippen molar-refractivity contribution in [1.29, 1.82) is 5.26 Å². The first-order valence-electron chi connectivity index (χ1n) is 9.04. The molecule has 6 nitrogen and oxygen atoms in total. The number of fused-ring (bicyclic) bond motifs is 1. The highest BCUT2D eigenvalue weighted by atomic mass is 32.1. The minimum Gasteiger partial charge on any atom is -0.347 e. The van der Waals surface area contributed by atoms with Crippen LogP contribution in [0.15, 0.2) is 0 Å². The summed E-state index contributed by atoms with van der Waals surface area (Å²) < 4.78 is 11.5. The zero-order valence-corrected chi connectivity index (χ0v) is 15.1. The molecule has 0 aromatic carbocycles. The van der Waals surface area contributed by atoms with Crippen LogP contribution in [0.25, 0.3) is 0 Å². The number of hydrogen-bond donors (Lipinski definition) is 1. The quantitative estimate of drug-likeness (QED) is 0.890. The molecular formula is C18H23N3O3S. The second kappa shape index (κ2) is 7.04. The van der Waals surface area contributed by atoms with Gasteiger partial charge in [0, 0.05) is 43.8 Å². The van der Waals surface area contributed by atoms with E-state index < -0.39 is 0 Å². The highest BCUT2D eigenvalue weighted by molar-refractivity contribution is 7.16. The topological polar surface area (TPSA) is 74.6 Å². The van der Waals surface area contributed by atoms with Gasteiger partial charge in [-0.2, -0.15) is 5.26 Å². The Balaban J connectivity index is 1.27. The van der Waals surface area contributed by atoms with Crippen molar-refractivity contribution in [3.05, 3.63) is 16.0 Å². The lowest BCUT2D eigenvalue weighted by Crippen LogP contribution is -2.45. The maximum atomic E-state index is 12.3. The van der Waals surface area contributed by atoms with E-state index in [1.54, 1.807) is 11.3 Å². The zero-order chi connectivity index (χ0) is 17.3. The van der Waals surface area contributed by atoms with Crippen molar-refractivity contribution in [2.45, 2.75) is 44.3 Å². The van der Waals surface area contributed by atoms with Crippen LogP contribution in [0, 0.1) is 11.3 Å². The van der Waals surface area contributed by atoms with Gasteiger partial charge in [0.2, 0.25) is 5.91 Å². The molecule has 1 aliphatic carbocycles. The highest BCUT2D eigenvalue weighted by Crippen LogP contribution is 2.38. The summed E-state index contributed by atoms with van der Waals surface area (Å²) in [5.41, 5.74) is 1.84. The number of nitrogens with zero attached hydrogens (tertiary/aromatic N) is 2. The Hall–Kier alpha value is -1.46. The van der Waals surface area contributed by atoms with Crippen molar-refractivity contribution in [3.8, 4) is 6.07 Å². The fourth-order valence-electron chi connectivity index (χ4n) is 3.96. The second-order valence-electron chi connectivity index (χ2n) is 6.92. The molecule has 0 radical (unpaired) electrons. The Morgan fingerprint density at radius 2 is 2.04 bits per heavy atom. The molecule has 2 aliphatic heterocycles. The summed E-state index contributed by atoms with van der Waals surface area (Å²) in [6.45, 7) is 3.89. The van der Waals surface area contributed by atoms with Crippen LogP contribution in [-0.4, -0.2) is 49.4 Å². The molecule has 0 saturated carbocycles. The van der Waals surface area contributed by atoms with Crippen LogP contribution in [0.5, 0.6) is 0 Å². The number of piperidine rings is 1. The van der Waals surface area contributed by atoms with Gasteiger partial charge >= 0.3 is 0 Å². The third-order valence-electron chi connectivity index (χ3n) is 5.37. The van der Waals surface area contributed by atoms with Gasteiger partial charge in [0.1, 0.15) is 11.1 Å². The third kappa shape index (κ3) is 3.44. The van der Waals surface area contributed by atoms with E-state index in [1.165, 1.54) is 4.88 Å². The van der Waals surface area contributed by atoms with E-state index in [0.717, 1.165) is 62.3 Å². The van der Waals surface area contributed by atoms with Crippen LogP contribution in [-0.2, 0) is 27.1 Å². The Labute approximate surface area is 151 Å². The first kappa shape index (κ1) is 17.0. The van der Waals surface area contributed by atoms with Crippen molar-refractivity contribution in [1.82, 2.24) is 4.90 Å². The number of carbonyl (C=O) groups excluding carboxylic acids is 1. The van der Waals surface area contributed by atoms with Crippen LogP contribution >= 0.6 is 11.3 Å². The van der Waals surface area contributed by atoms with Crippen molar-refractivity contribution in [2.75, 3.05) is 38.2 Å². The number of thiophene rings is 1. The van der Waals surface area contributed by atoms with E-state index in [4.69, 9.17) is 9.47 Å². The van der Waals surface area contributed by atoms with Crippen LogP contribution < -0.4 is 5.32 Å². The van der Waals surface area contributed by atoms with E-state index in [9.17, 15) is 10.1 Å². The minimum atomic E-state index is -0.363. The third-order valence-corrected chi connectivity index (χ3v) is 6.58. The number of likely N-dealkylation sites (tertiary alicyclic amines) is 1.